The summed E-state index contributed by atoms with van der Waals surface area (Å²) in [4.78, 5) is 92.1. The summed E-state index contributed by atoms with van der Waals surface area (Å²) in [5.74, 6) is -6.07. The van der Waals surface area contributed by atoms with Gasteiger partial charge in [0.1, 0.15) is 36.3 Å². The summed E-state index contributed by atoms with van der Waals surface area (Å²) in [7, 11) is 0. The summed E-state index contributed by atoms with van der Waals surface area (Å²) in [6.07, 6.45) is 2.65. The third kappa shape index (κ3) is 11.5. The topological polar surface area (TPSA) is 307 Å². The van der Waals surface area contributed by atoms with Gasteiger partial charge in [-0.1, -0.05) is 0 Å². The van der Waals surface area contributed by atoms with Gasteiger partial charge < -0.3 is 57.9 Å². The van der Waals surface area contributed by atoms with Crippen molar-refractivity contribution in [2.24, 2.45) is 5.73 Å². The monoisotopic (exact) mass is 599 g/mol. The van der Waals surface area contributed by atoms with Crippen LogP contribution in [0.2, 0.25) is 0 Å². The molecule has 42 heavy (non-hydrogen) atoms. The Morgan fingerprint density at radius 2 is 1.14 bits per heavy atom. The van der Waals surface area contributed by atoms with Crippen LogP contribution >= 0.6 is 0 Å². The number of aromatic amines is 1. The number of primary amides is 1. The maximum absolute atomic E-state index is 13.0. The predicted octanol–water partition coefficient (Wildman–Crippen LogP) is -6.62. The Bertz CT molecular complexity index is 1110. The van der Waals surface area contributed by atoms with Crippen LogP contribution in [0.15, 0.2) is 12.5 Å². The molecule has 19 heteroatoms. The summed E-state index contributed by atoms with van der Waals surface area (Å²) in [6.45, 7) is 1.25. The number of rotatable bonds is 17. The maximum Gasteiger partial charge on any atom is 0.245 e. The molecule has 0 fully saturated rings. The summed E-state index contributed by atoms with van der Waals surface area (Å²) in [5.41, 5.74) is 5.47. The lowest BCUT2D eigenvalue weighted by Gasteiger charge is -2.24. The molecule has 1 rings (SSSR count). The molecule has 1 aromatic heterocycles. The molecule has 19 nitrogen and oxygen atoms in total. The van der Waals surface area contributed by atoms with E-state index >= 15 is 0 Å². The SMILES string of the molecule is CC(=O)N[C@@H](CO)C(=O)N[C@@H](Cc1cnc[nH]1)C(=O)N[C@@H](C)C(=O)N[C@@H](C)C(=O)N[C@@H](CO)C(=O)N[C@@H](CO)C(N)=O. The molecule has 0 aromatic carbocycles. The Morgan fingerprint density at radius 1 is 0.714 bits per heavy atom. The van der Waals surface area contributed by atoms with E-state index in [1.165, 1.54) is 26.4 Å². The summed E-state index contributed by atoms with van der Waals surface area (Å²) < 4.78 is 0. The van der Waals surface area contributed by atoms with Crippen molar-refractivity contribution in [2.75, 3.05) is 19.8 Å². The number of carbonyl (C=O) groups is 7. The average molecular weight is 600 g/mol. The molecule has 0 aliphatic heterocycles. The Hall–Kier alpha value is -4.62. The number of nitrogens with two attached hydrogens (primary N) is 1. The van der Waals surface area contributed by atoms with Gasteiger partial charge in [0.25, 0.3) is 0 Å². The van der Waals surface area contributed by atoms with E-state index in [1.54, 1.807) is 0 Å². The van der Waals surface area contributed by atoms with Crippen molar-refractivity contribution in [3.05, 3.63) is 18.2 Å². The van der Waals surface area contributed by atoms with Gasteiger partial charge in [0, 0.05) is 25.2 Å². The van der Waals surface area contributed by atoms with E-state index < -0.39 is 97.4 Å². The second-order valence-electron chi connectivity index (χ2n) is 9.13. The molecule has 234 valence electrons. The van der Waals surface area contributed by atoms with Crippen LogP contribution in [0.25, 0.3) is 0 Å². The highest BCUT2D eigenvalue weighted by Crippen LogP contribution is 2.01. The van der Waals surface area contributed by atoms with Crippen molar-refractivity contribution in [1.82, 2.24) is 41.9 Å². The molecule has 1 heterocycles. The molecule has 0 radical (unpaired) electrons. The summed E-state index contributed by atoms with van der Waals surface area (Å²) >= 11 is 0. The lowest BCUT2D eigenvalue weighted by atomic mass is 10.1. The lowest BCUT2D eigenvalue weighted by molar-refractivity contribution is -0.135. The number of imidazole rings is 1. The number of nitrogens with one attached hydrogen (secondary N) is 7. The molecule has 0 bridgehead atoms. The van der Waals surface area contributed by atoms with Crippen LogP contribution in [0.4, 0.5) is 0 Å². The fraction of sp³-hybridized carbons (Fsp3) is 0.565. The van der Waals surface area contributed by atoms with Crippen molar-refractivity contribution in [1.29, 1.82) is 0 Å². The zero-order chi connectivity index (χ0) is 32.0. The molecule has 0 aliphatic rings. The quantitative estimate of drug-likeness (QED) is 0.0799. The van der Waals surface area contributed by atoms with E-state index in [-0.39, 0.29) is 6.42 Å². The van der Waals surface area contributed by atoms with Crippen LogP contribution in [0.5, 0.6) is 0 Å². The zero-order valence-corrected chi connectivity index (χ0v) is 23.2. The first-order valence-corrected chi connectivity index (χ1v) is 12.6. The molecule has 7 amide bonds. The number of nitrogens with zero attached hydrogens (tertiary/aromatic N) is 1. The molecular formula is C23H37N9O10. The van der Waals surface area contributed by atoms with Gasteiger partial charge >= 0.3 is 0 Å². The van der Waals surface area contributed by atoms with Crippen LogP contribution in [0.1, 0.15) is 26.5 Å². The number of aliphatic hydroxyl groups excluding tert-OH is 3. The highest BCUT2D eigenvalue weighted by molar-refractivity contribution is 5.96. The van der Waals surface area contributed by atoms with Gasteiger partial charge in [-0.15, -0.1) is 0 Å². The van der Waals surface area contributed by atoms with Crippen LogP contribution < -0.4 is 37.6 Å². The number of carbonyl (C=O) groups excluding carboxylic acids is 7. The normalized spacial score (nSPS) is 15.0. The molecular weight excluding hydrogens is 562 g/mol. The van der Waals surface area contributed by atoms with Gasteiger partial charge in [0.2, 0.25) is 41.4 Å². The summed E-state index contributed by atoms with van der Waals surface area (Å²) in [6, 6.07) is -8.12. The Morgan fingerprint density at radius 3 is 1.60 bits per heavy atom. The van der Waals surface area contributed by atoms with Crippen molar-refractivity contribution in [2.45, 2.75) is 63.4 Å². The number of aliphatic hydroxyl groups is 3. The van der Waals surface area contributed by atoms with Crippen LogP contribution in [-0.2, 0) is 40.0 Å². The van der Waals surface area contributed by atoms with E-state index in [4.69, 9.17) is 10.8 Å². The van der Waals surface area contributed by atoms with Crippen molar-refractivity contribution in [3.63, 3.8) is 0 Å². The first-order valence-electron chi connectivity index (χ1n) is 12.6. The molecule has 0 unspecified atom stereocenters. The minimum atomic E-state index is -1.55. The van der Waals surface area contributed by atoms with Crippen molar-refractivity contribution >= 4 is 41.4 Å². The minimum Gasteiger partial charge on any atom is -0.394 e. The predicted molar refractivity (Wildman–Crippen MR) is 141 cm³/mol. The van der Waals surface area contributed by atoms with Gasteiger partial charge in [-0.2, -0.15) is 0 Å². The second-order valence-corrected chi connectivity index (χ2v) is 9.13. The molecule has 0 aliphatic carbocycles. The molecule has 6 atom stereocenters. The van der Waals surface area contributed by atoms with E-state index in [1.807, 2.05) is 0 Å². The van der Waals surface area contributed by atoms with Gasteiger partial charge in [-0.3, -0.25) is 33.6 Å². The molecule has 0 saturated carbocycles. The average Bonchev–Trinajstić information content (AvgIpc) is 3.45. The van der Waals surface area contributed by atoms with E-state index in [9.17, 15) is 43.8 Å². The minimum absolute atomic E-state index is 0.0968. The first-order chi connectivity index (χ1) is 19.7. The van der Waals surface area contributed by atoms with E-state index in [0.717, 1.165) is 6.92 Å². The standard InChI is InChI=1S/C23H37N9O10/c1-10(19(38)27-11(2)20(39)32-17(8-35)23(42)31-15(6-33)18(24)37)28-21(40)14(4-13-5-25-9-26-13)30-22(41)16(7-34)29-12(3)36/h5,9-11,14-17,33-35H,4,6-8H2,1-3H3,(H2,24,37)(H,25,26)(H,27,38)(H,28,40)(H,29,36)(H,30,41)(H,31,42)(H,32,39)/t10-,11-,14-,15-,16-,17-/m0/s1. The van der Waals surface area contributed by atoms with E-state index in [2.05, 4.69) is 41.9 Å². The van der Waals surface area contributed by atoms with Gasteiger partial charge in [-0.25, -0.2) is 4.98 Å². The van der Waals surface area contributed by atoms with Gasteiger partial charge in [0.05, 0.1) is 26.1 Å². The van der Waals surface area contributed by atoms with Crippen molar-refractivity contribution in [3.8, 4) is 0 Å². The fourth-order valence-corrected chi connectivity index (χ4v) is 3.29. The Labute approximate surface area is 239 Å². The molecule has 1 aromatic rings. The van der Waals surface area contributed by atoms with Gasteiger partial charge in [-0.05, 0) is 13.8 Å². The zero-order valence-electron chi connectivity index (χ0n) is 23.2. The molecule has 0 spiro atoms. The van der Waals surface area contributed by atoms with Crippen molar-refractivity contribution < 1.29 is 48.9 Å². The number of amides is 7. The van der Waals surface area contributed by atoms with Crippen LogP contribution in [0.3, 0.4) is 0 Å². The lowest BCUT2D eigenvalue weighted by Crippen LogP contribution is -2.59. The number of hydrogen-bond acceptors (Lipinski definition) is 11. The number of hydrogen-bond donors (Lipinski definition) is 11. The fourth-order valence-electron chi connectivity index (χ4n) is 3.29. The third-order valence-electron chi connectivity index (χ3n) is 5.65. The Kier molecular flexibility index (Phi) is 14.5. The van der Waals surface area contributed by atoms with Crippen LogP contribution in [0, 0.1) is 0 Å². The maximum atomic E-state index is 13.0. The molecule has 0 saturated heterocycles. The van der Waals surface area contributed by atoms with Crippen LogP contribution in [-0.4, -0.2) is 123 Å². The third-order valence-corrected chi connectivity index (χ3v) is 5.65. The second kappa shape index (κ2) is 17.3. The summed E-state index contributed by atoms with van der Waals surface area (Å²) in [5, 5.41) is 41.6. The molecule has 12 N–H and O–H groups in total. The first kappa shape index (κ1) is 35.4. The largest absolute Gasteiger partial charge is 0.394 e. The number of H-pyrrole nitrogens is 1. The highest BCUT2D eigenvalue weighted by atomic mass is 16.3. The number of aromatic nitrogens is 2. The Balaban J connectivity index is 2.83. The van der Waals surface area contributed by atoms with E-state index in [0.29, 0.717) is 5.69 Å². The highest BCUT2D eigenvalue weighted by Gasteiger charge is 2.30. The smallest absolute Gasteiger partial charge is 0.245 e. The van der Waals surface area contributed by atoms with Gasteiger partial charge in [0.15, 0.2) is 0 Å².